The van der Waals surface area contributed by atoms with Crippen molar-refractivity contribution in [2.75, 3.05) is 35.8 Å². The van der Waals surface area contributed by atoms with Gasteiger partial charge in [0.15, 0.2) is 11.5 Å². The second-order valence-electron chi connectivity index (χ2n) is 8.66. The molecule has 0 atom stereocenters. The molecule has 0 radical (unpaired) electrons. The lowest BCUT2D eigenvalue weighted by Crippen LogP contribution is -2.21. The number of hydrogen-bond donors (Lipinski definition) is 2. The summed E-state index contributed by atoms with van der Waals surface area (Å²) in [5.74, 6) is 2.24. The van der Waals surface area contributed by atoms with Crippen molar-refractivity contribution in [1.29, 1.82) is 0 Å². The predicted molar refractivity (Wildman–Crippen MR) is 146 cm³/mol. The molecule has 2 heterocycles. The lowest BCUT2D eigenvalue weighted by atomic mass is 10.2. The Balaban J connectivity index is 1.28. The van der Waals surface area contributed by atoms with Crippen molar-refractivity contribution in [2.45, 2.75) is 19.4 Å². The van der Waals surface area contributed by atoms with Gasteiger partial charge in [-0.05, 0) is 66.4 Å². The van der Waals surface area contributed by atoms with Gasteiger partial charge in [-0.2, -0.15) is 20.1 Å². The number of nitrogens with one attached hydrogen (secondary N) is 2. The zero-order chi connectivity index (χ0) is 26.2. The van der Waals surface area contributed by atoms with E-state index < -0.39 is 0 Å². The SMILES string of the molecule is COc1cc(/C=N/Nc2nc(Nc3ccccc3)nc(N3CCCC3)n2)ccc1OCc1ccc(F)cc1. The first kappa shape index (κ1) is 24.9. The van der Waals surface area contributed by atoms with Crippen LogP contribution in [0.2, 0.25) is 0 Å². The molecule has 0 unspecified atom stereocenters. The van der Waals surface area contributed by atoms with Gasteiger partial charge in [0.05, 0.1) is 13.3 Å². The molecule has 5 rings (SSSR count). The molecule has 1 aliphatic heterocycles. The number of hydrogen-bond acceptors (Lipinski definition) is 9. The first-order valence-electron chi connectivity index (χ1n) is 12.3. The largest absolute Gasteiger partial charge is 0.493 e. The van der Waals surface area contributed by atoms with E-state index >= 15 is 0 Å². The molecule has 1 saturated heterocycles. The third-order valence-electron chi connectivity index (χ3n) is 5.92. The number of aromatic nitrogens is 3. The molecule has 4 aromatic rings. The van der Waals surface area contributed by atoms with E-state index in [4.69, 9.17) is 9.47 Å². The Morgan fingerprint density at radius 2 is 1.68 bits per heavy atom. The summed E-state index contributed by atoms with van der Waals surface area (Å²) in [6, 6.07) is 21.4. The second-order valence-corrected chi connectivity index (χ2v) is 8.66. The van der Waals surface area contributed by atoms with Crippen LogP contribution in [-0.2, 0) is 6.61 Å². The quantitative estimate of drug-likeness (QED) is 0.215. The van der Waals surface area contributed by atoms with Gasteiger partial charge in [-0.3, -0.25) is 0 Å². The average Bonchev–Trinajstić information content (AvgIpc) is 3.49. The molecule has 0 saturated carbocycles. The smallest absolute Gasteiger partial charge is 0.250 e. The maximum absolute atomic E-state index is 13.1. The van der Waals surface area contributed by atoms with Crippen LogP contribution in [0.3, 0.4) is 0 Å². The monoisotopic (exact) mass is 513 g/mol. The maximum atomic E-state index is 13.1. The first-order chi connectivity index (χ1) is 18.7. The molecule has 1 aromatic heterocycles. The molecule has 0 bridgehead atoms. The minimum absolute atomic E-state index is 0.281. The van der Waals surface area contributed by atoms with Crippen LogP contribution in [0.5, 0.6) is 11.5 Å². The van der Waals surface area contributed by atoms with Gasteiger partial charge in [0.1, 0.15) is 12.4 Å². The minimum Gasteiger partial charge on any atom is -0.493 e. The van der Waals surface area contributed by atoms with Crippen LogP contribution in [0.4, 0.5) is 27.9 Å². The molecule has 3 aromatic carbocycles. The van der Waals surface area contributed by atoms with E-state index in [9.17, 15) is 4.39 Å². The van der Waals surface area contributed by atoms with Gasteiger partial charge in [0.25, 0.3) is 0 Å². The summed E-state index contributed by atoms with van der Waals surface area (Å²) in [6.07, 6.45) is 3.87. The Morgan fingerprint density at radius 3 is 2.45 bits per heavy atom. The third-order valence-corrected chi connectivity index (χ3v) is 5.92. The number of nitrogens with zero attached hydrogens (tertiary/aromatic N) is 5. The third kappa shape index (κ3) is 6.52. The van der Waals surface area contributed by atoms with Crippen LogP contribution in [0, 0.1) is 5.82 Å². The Morgan fingerprint density at radius 1 is 0.921 bits per heavy atom. The lowest BCUT2D eigenvalue weighted by molar-refractivity contribution is 0.284. The molecule has 2 N–H and O–H groups in total. The average molecular weight is 514 g/mol. The van der Waals surface area contributed by atoms with Crippen LogP contribution < -0.4 is 25.1 Å². The molecule has 38 heavy (non-hydrogen) atoms. The van der Waals surface area contributed by atoms with Crippen molar-refractivity contribution in [3.8, 4) is 11.5 Å². The highest BCUT2D eigenvalue weighted by molar-refractivity contribution is 5.81. The molecule has 10 heteroatoms. The van der Waals surface area contributed by atoms with Gasteiger partial charge in [0.2, 0.25) is 17.8 Å². The van der Waals surface area contributed by atoms with Crippen LogP contribution >= 0.6 is 0 Å². The Kier molecular flexibility index (Phi) is 7.88. The zero-order valence-electron chi connectivity index (χ0n) is 21.0. The number of halogens is 1. The van der Waals surface area contributed by atoms with Crippen molar-refractivity contribution in [3.05, 3.63) is 89.7 Å². The highest BCUT2D eigenvalue weighted by atomic mass is 19.1. The van der Waals surface area contributed by atoms with Crippen LogP contribution in [0.1, 0.15) is 24.0 Å². The zero-order valence-corrected chi connectivity index (χ0v) is 21.0. The van der Waals surface area contributed by atoms with E-state index in [1.165, 1.54) is 12.1 Å². The summed E-state index contributed by atoms with van der Waals surface area (Å²) in [7, 11) is 1.57. The minimum atomic E-state index is -0.281. The van der Waals surface area contributed by atoms with Crippen LogP contribution in [0.25, 0.3) is 0 Å². The first-order valence-corrected chi connectivity index (χ1v) is 12.3. The van der Waals surface area contributed by atoms with E-state index in [1.807, 2.05) is 42.5 Å². The molecule has 9 nitrogen and oxygen atoms in total. The van der Waals surface area contributed by atoms with Crippen molar-refractivity contribution in [2.24, 2.45) is 5.10 Å². The summed E-state index contributed by atoms with van der Waals surface area (Å²) in [5, 5.41) is 7.56. The standard InChI is InChI=1S/C28H28FN7O2/c1-37-25-17-21(11-14-24(25)38-19-20-9-12-22(29)13-10-20)18-30-35-27-32-26(31-23-7-3-2-4-8-23)33-28(34-27)36-15-5-6-16-36/h2-4,7-14,17-18H,5-6,15-16,19H2,1H3,(H2,31,32,33,34,35)/b30-18+. The fourth-order valence-corrected chi connectivity index (χ4v) is 3.97. The Hall–Kier alpha value is -4.73. The highest BCUT2D eigenvalue weighted by Gasteiger charge is 2.17. The fourth-order valence-electron chi connectivity index (χ4n) is 3.97. The second kappa shape index (κ2) is 12.0. The molecular formula is C28H28FN7O2. The molecule has 0 spiro atoms. The number of para-hydroxylation sites is 1. The predicted octanol–water partition coefficient (Wildman–Crippen LogP) is 5.39. The Labute approximate surface area is 220 Å². The van der Waals surface area contributed by atoms with Gasteiger partial charge in [-0.15, -0.1) is 0 Å². The van der Waals surface area contributed by atoms with Crippen LogP contribution in [-0.4, -0.2) is 41.4 Å². The van der Waals surface area contributed by atoms with E-state index in [-0.39, 0.29) is 5.82 Å². The van der Waals surface area contributed by atoms with E-state index in [1.54, 1.807) is 31.5 Å². The summed E-state index contributed by atoms with van der Waals surface area (Å²) in [4.78, 5) is 15.8. The van der Waals surface area contributed by atoms with Gasteiger partial charge in [-0.25, -0.2) is 9.82 Å². The normalized spacial score (nSPS) is 13.1. The molecule has 0 amide bonds. The van der Waals surface area contributed by atoms with Gasteiger partial charge >= 0.3 is 0 Å². The number of rotatable bonds is 10. The number of hydrazone groups is 1. The molecule has 1 fully saturated rings. The molecular weight excluding hydrogens is 485 g/mol. The summed E-state index contributed by atoms with van der Waals surface area (Å²) in [5.41, 5.74) is 5.46. The topological polar surface area (TPSA) is 96.8 Å². The molecule has 194 valence electrons. The van der Waals surface area contributed by atoms with Crippen molar-refractivity contribution < 1.29 is 13.9 Å². The number of ether oxygens (including phenoxy) is 2. The fraction of sp³-hybridized carbons (Fsp3) is 0.214. The number of anilines is 4. The summed E-state index contributed by atoms with van der Waals surface area (Å²) >= 11 is 0. The van der Waals surface area contributed by atoms with Gasteiger partial charge in [-0.1, -0.05) is 30.3 Å². The summed E-state index contributed by atoms with van der Waals surface area (Å²) < 4.78 is 24.5. The lowest BCUT2D eigenvalue weighted by Gasteiger charge is -2.16. The summed E-state index contributed by atoms with van der Waals surface area (Å²) in [6.45, 7) is 2.11. The van der Waals surface area contributed by atoms with Crippen LogP contribution in [0.15, 0.2) is 77.9 Å². The number of methoxy groups -OCH3 is 1. The van der Waals surface area contributed by atoms with Crippen molar-refractivity contribution in [3.63, 3.8) is 0 Å². The van der Waals surface area contributed by atoms with E-state index in [0.717, 1.165) is 42.7 Å². The van der Waals surface area contributed by atoms with E-state index in [2.05, 4.69) is 35.7 Å². The van der Waals surface area contributed by atoms with Crippen molar-refractivity contribution in [1.82, 2.24) is 15.0 Å². The highest BCUT2D eigenvalue weighted by Crippen LogP contribution is 2.28. The number of benzene rings is 3. The van der Waals surface area contributed by atoms with Gasteiger partial charge in [0, 0.05) is 18.8 Å². The maximum Gasteiger partial charge on any atom is 0.250 e. The Bertz CT molecular complexity index is 1380. The van der Waals surface area contributed by atoms with Gasteiger partial charge < -0.3 is 19.7 Å². The molecule has 0 aliphatic carbocycles. The van der Waals surface area contributed by atoms with Crippen molar-refractivity contribution >= 4 is 29.7 Å². The molecule has 1 aliphatic rings. The van der Waals surface area contributed by atoms with E-state index in [0.29, 0.717) is 36.0 Å².